The minimum atomic E-state index is -0.111. The molecule has 1 aromatic rings. The first-order valence-corrected chi connectivity index (χ1v) is 10.4. The Labute approximate surface area is 162 Å². The number of anilines is 1. The fourth-order valence-electron chi connectivity index (χ4n) is 4.36. The van der Waals surface area contributed by atoms with Gasteiger partial charge in [-0.15, -0.1) is 0 Å². The van der Waals surface area contributed by atoms with Crippen LogP contribution in [0.2, 0.25) is 1.41 Å². The van der Waals surface area contributed by atoms with Gasteiger partial charge in [0.25, 0.3) is 0 Å². The number of hydrogen-bond acceptors (Lipinski definition) is 2. The first-order chi connectivity index (χ1) is 12.7. The maximum absolute atomic E-state index is 12.1. The van der Waals surface area contributed by atoms with Crippen LogP contribution in [-0.4, -0.2) is 29.4 Å². The number of carbonyl (C=O) groups excluding carboxylic acids is 1. The van der Waals surface area contributed by atoms with E-state index in [1.807, 2.05) is 6.07 Å². The van der Waals surface area contributed by atoms with Gasteiger partial charge in [-0.3, -0.25) is 9.69 Å². The zero-order valence-corrected chi connectivity index (χ0v) is 17.9. The molecule has 2 rings (SSSR count). The Hall–Kier alpha value is -1.35. The van der Waals surface area contributed by atoms with Crippen LogP contribution in [0.4, 0.5) is 5.69 Å². The van der Waals surface area contributed by atoms with E-state index in [4.69, 9.17) is 1.41 Å². The van der Waals surface area contributed by atoms with E-state index in [1.165, 1.54) is 36.0 Å². The third kappa shape index (κ3) is 4.88. The topological polar surface area (TPSA) is 32.3 Å². The van der Waals surface area contributed by atoms with E-state index in [0.29, 0.717) is 24.4 Å². The summed E-state index contributed by atoms with van der Waals surface area (Å²) in [7, 11) is 0. The summed E-state index contributed by atoms with van der Waals surface area (Å²) in [5, 5.41) is 1.09. The monoisotopic (exact) mass is 359 g/mol. The highest BCUT2D eigenvalue weighted by atomic mass is 16.1. The third-order valence-electron chi connectivity index (χ3n) is 5.86. The van der Waals surface area contributed by atoms with Crippen LogP contribution >= 0.6 is 0 Å². The maximum atomic E-state index is 12.1. The van der Waals surface area contributed by atoms with Crippen molar-refractivity contribution in [2.24, 2.45) is 5.92 Å². The molecule has 146 valence electrons. The van der Waals surface area contributed by atoms with Crippen molar-refractivity contribution in [1.29, 1.82) is 0 Å². The van der Waals surface area contributed by atoms with Crippen LogP contribution in [0, 0.1) is 19.8 Å². The molecular formula is C23H38N2O. The van der Waals surface area contributed by atoms with Gasteiger partial charge in [0, 0.05) is 17.8 Å². The molecule has 26 heavy (non-hydrogen) atoms. The van der Waals surface area contributed by atoms with E-state index in [0.717, 1.165) is 29.5 Å². The normalized spacial score (nSPS) is 17.0. The predicted molar refractivity (Wildman–Crippen MR) is 112 cm³/mol. The Morgan fingerprint density at radius 2 is 1.92 bits per heavy atom. The smallest absolute Gasteiger partial charge is 0.228 e. The molecule has 0 fully saturated rings. The number of fused-ring (bicyclic) bond motifs is 1. The number of amides is 1. The summed E-state index contributed by atoms with van der Waals surface area (Å²) < 4.78 is 8.06. The highest BCUT2D eigenvalue weighted by molar-refractivity contribution is 6.00. The van der Waals surface area contributed by atoms with E-state index in [-0.39, 0.29) is 5.91 Å². The fourth-order valence-corrected chi connectivity index (χ4v) is 4.36. The highest BCUT2D eigenvalue weighted by Crippen LogP contribution is 2.33. The summed E-state index contributed by atoms with van der Waals surface area (Å²) >= 11 is 0. The average molecular weight is 360 g/mol. The summed E-state index contributed by atoms with van der Waals surface area (Å²) in [6.07, 6.45) is 4.95. The van der Waals surface area contributed by atoms with Crippen molar-refractivity contribution >= 4 is 11.6 Å². The van der Waals surface area contributed by atoms with Gasteiger partial charge in [-0.1, -0.05) is 27.2 Å². The summed E-state index contributed by atoms with van der Waals surface area (Å²) in [6.45, 7) is 16.9. The van der Waals surface area contributed by atoms with E-state index in [9.17, 15) is 4.79 Å². The zero-order valence-electron chi connectivity index (χ0n) is 18.9. The number of carbonyl (C=O) groups is 1. The van der Waals surface area contributed by atoms with E-state index in [2.05, 4.69) is 53.4 Å². The Morgan fingerprint density at radius 3 is 2.54 bits per heavy atom. The number of rotatable bonds is 9. The Morgan fingerprint density at radius 1 is 1.23 bits per heavy atom. The molecule has 1 aliphatic rings. The largest absolute Gasteiger partial charge is 0.326 e. The molecule has 3 heteroatoms. The van der Waals surface area contributed by atoms with E-state index in [1.54, 1.807) is 0 Å². The summed E-state index contributed by atoms with van der Waals surface area (Å²) in [4.78, 5) is 14.8. The Balaban J connectivity index is 2.31. The van der Waals surface area contributed by atoms with Crippen LogP contribution < -0.4 is 5.31 Å². The molecule has 0 saturated carbocycles. The standard InChI is InChI=1S/C23H38N2O/c1-8-9-10-25(17(5)11-15(2)3)18(6)13-20-19(7)16(4)12-22-21(20)14-23(26)24-22/h12,15,17-18H,8-11,13-14H2,1-7H3,(H,24,26)/i/hD. The fraction of sp³-hybridized carbons (Fsp3) is 0.696. The molecule has 0 bridgehead atoms. The first kappa shape index (κ1) is 19.4. The maximum Gasteiger partial charge on any atom is 0.228 e. The van der Waals surface area contributed by atoms with E-state index >= 15 is 0 Å². The second-order valence-electron chi connectivity index (χ2n) is 8.60. The Bertz CT molecular complexity index is 671. The molecule has 1 heterocycles. The van der Waals surface area contributed by atoms with Crippen LogP contribution in [0.25, 0.3) is 0 Å². The second-order valence-corrected chi connectivity index (χ2v) is 8.60. The summed E-state index contributed by atoms with van der Waals surface area (Å²) in [5.74, 6) is 0.579. The van der Waals surface area contributed by atoms with Gasteiger partial charge in [-0.25, -0.2) is 0 Å². The molecule has 2 unspecified atom stereocenters. The van der Waals surface area contributed by atoms with Crippen LogP contribution in [0.5, 0.6) is 0 Å². The molecule has 1 aromatic carbocycles. The third-order valence-corrected chi connectivity index (χ3v) is 5.86. The van der Waals surface area contributed by atoms with Gasteiger partial charge < -0.3 is 5.31 Å². The SMILES string of the molecule is [2H]N1C(=O)Cc2c1cc(C)c(C)c2CC(C)N(CCCC)C(C)CC(C)C. The van der Waals surface area contributed by atoms with Crippen molar-refractivity contribution in [2.45, 2.75) is 92.7 Å². The molecule has 0 spiro atoms. The molecule has 0 radical (unpaired) electrons. The van der Waals surface area contributed by atoms with Gasteiger partial charge in [-0.05, 0) is 87.7 Å². The summed E-state index contributed by atoms with van der Waals surface area (Å²) in [6, 6.07) is 2.98. The lowest BCUT2D eigenvalue weighted by Gasteiger charge is -2.36. The average Bonchev–Trinajstić information content (AvgIpc) is 2.86. The van der Waals surface area contributed by atoms with Gasteiger partial charge >= 0.3 is 0 Å². The first-order valence-electron chi connectivity index (χ1n) is 10.8. The molecule has 3 nitrogen and oxygen atoms in total. The molecule has 0 aliphatic carbocycles. The zero-order chi connectivity index (χ0) is 20.3. The molecule has 1 N–H and O–H groups in total. The number of unbranched alkanes of at least 4 members (excludes halogenated alkanes) is 1. The molecular weight excluding hydrogens is 320 g/mol. The van der Waals surface area contributed by atoms with Gasteiger partial charge in [-0.2, -0.15) is 0 Å². The van der Waals surface area contributed by atoms with E-state index < -0.39 is 0 Å². The lowest BCUT2D eigenvalue weighted by molar-refractivity contribution is -0.115. The highest BCUT2D eigenvalue weighted by Gasteiger charge is 2.27. The quantitative estimate of drug-likeness (QED) is 0.652. The molecule has 1 aliphatic heterocycles. The van der Waals surface area contributed by atoms with Crippen molar-refractivity contribution in [1.82, 2.24) is 4.90 Å². The minimum absolute atomic E-state index is 0.111. The van der Waals surface area contributed by atoms with Gasteiger partial charge in [0.05, 0.1) is 6.42 Å². The molecule has 2 atom stereocenters. The predicted octanol–water partition coefficient (Wildman–Crippen LogP) is 5.27. The minimum Gasteiger partial charge on any atom is -0.326 e. The number of benzene rings is 1. The van der Waals surface area contributed by atoms with Crippen molar-refractivity contribution < 1.29 is 6.21 Å². The Kier molecular flexibility index (Phi) is 6.74. The van der Waals surface area contributed by atoms with Crippen molar-refractivity contribution in [2.75, 3.05) is 11.9 Å². The van der Waals surface area contributed by atoms with Crippen molar-refractivity contribution in [3.8, 4) is 0 Å². The van der Waals surface area contributed by atoms with Gasteiger partial charge in [0.2, 0.25) is 5.91 Å². The van der Waals surface area contributed by atoms with Crippen LogP contribution in [0.15, 0.2) is 6.07 Å². The number of aryl methyl sites for hydroxylation is 1. The van der Waals surface area contributed by atoms with Crippen LogP contribution in [0.1, 0.15) is 76.1 Å². The molecule has 0 saturated heterocycles. The number of nitrogens with one attached hydrogen (secondary N) is 1. The van der Waals surface area contributed by atoms with Crippen molar-refractivity contribution in [3.63, 3.8) is 0 Å². The molecule has 0 aromatic heterocycles. The summed E-state index contributed by atoms with van der Waals surface area (Å²) in [5.41, 5.74) is 5.63. The second kappa shape index (κ2) is 9.03. The lowest BCUT2D eigenvalue weighted by atomic mass is 9.90. The lowest BCUT2D eigenvalue weighted by Crippen LogP contribution is -2.42. The van der Waals surface area contributed by atoms with Crippen LogP contribution in [-0.2, 0) is 17.6 Å². The number of nitrogens with zero attached hydrogens (tertiary/aromatic N) is 1. The number of hydrogen-bond donors (Lipinski definition) is 1. The van der Waals surface area contributed by atoms with Crippen molar-refractivity contribution in [3.05, 3.63) is 28.3 Å². The van der Waals surface area contributed by atoms with Gasteiger partial charge in [0.15, 0.2) is 1.41 Å². The van der Waals surface area contributed by atoms with Gasteiger partial charge in [0.1, 0.15) is 0 Å². The van der Waals surface area contributed by atoms with Crippen LogP contribution in [0.3, 0.4) is 0 Å². The molecule has 1 amide bonds.